The molecule has 1 amide bonds. The lowest BCUT2D eigenvalue weighted by molar-refractivity contribution is 0.0914. The largest absolute Gasteiger partial charge is 0.494 e. The van der Waals surface area contributed by atoms with E-state index in [-0.39, 0.29) is 23.0 Å². The van der Waals surface area contributed by atoms with Crippen molar-refractivity contribution in [3.8, 4) is 11.5 Å². The molecule has 1 atom stereocenters. The second-order valence-corrected chi connectivity index (χ2v) is 8.67. The van der Waals surface area contributed by atoms with Gasteiger partial charge in [0.05, 0.1) is 19.4 Å². The average molecular weight is 442 g/mol. The Labute approximate surface area is 185 Å². The summed E-state index contributed by atoms with van der Waals surface area (Å²) in [5.74, 6) is 0.735. The van der Waals surface area contributed by atoms with Gasteiger partial charge in [0.1, 0.15) is 17.4 Å². The van der Waals surface area contributed by atoms with Crippen molar-refractivity contribution in [3.05, 3.63) is 58.0 Å². The van der Waals surface area contributed by atoms with Gasteiger partial charge in [0.15, 0.2) is 10.9 Å². The predicted octanol–water partition coefficient (Wildman–Crippen LogP) is 3.73. The molecule has 0 radical (unpaired) electrons. The van der Waals surface area contributed by atoms with Gasteiger partial charge in [-0.1, -0.05) is 25.4 Å². The molecule has 3 heterocycles. The van der Waals surface area contributed by atoms with E-state index in [1.807, 2.05) is 26.8 Å². The third-order valence-electron chi connectivity index (χ3n) is 5.57. The Morgan fingerprint density at radius 1 is 1.39 bits per heavy atom. The van der Waals surface area contributed by atoms with Crippen molar-refractivity contribution in [1.29, 1.82) is 0 Å². The molecule has 2 N–H and O–H groups in total. The number of hydrogen-bond donors (Lipinski definition) is 2. The maximum Gasteiger partial charge on any atom is 0.251 e. The molecule has 2 aromatic heterocycles. The van der Waals surface area contributed by atoms with Crippen molar-refractivity contribution >= 4 is 28.4 Å². The van der Waals surface area contributed by atoms with Gasteiger partial charge in [-0.25, -0.2) is 4.98 Å². The molecule has 3 aromatic rings. The molecule has 8 heteroatoms. The summed E-state index contributed by atoms with van der Waals surface area (Å²) in [6.45, 7) is 6.50. The molecular weight excluding hydrogens is 418 g/mol. The van der Waals surface area contributed by atoms with Crippen molar-refractivity contribution in [1.82, 2.24) is 15.3 Å². The fourth-order valence-electron chi connectivity index (χ4n) is 3.70. The highest BCUT2D eigenvalue weighted by molar-refractivity contribution is 6.31. The average Bonchev–Trinajstić information content (AvgIpc) is 3.06. The van der Waals surface area contributed by atoms with Gasteiger partial charge in [-0.15, -0.1) is 0 Å². The number of aryl methyl sites for hydroxylation is 1. The molecule has 0 spiro atoms. The highest BCUT2D eigenvalue weighted by atomic mass is 35.5. The molecule has 0 aliphatic carbocycles. The van der Waals surface area contributed by atoms with E-state index in [0.29, 0.717) is 34.9 Å². The van der Waals surface area contributed by atoms with Gasteiger partial charge in [0.2, 0.25) is 0 Å². The fraction of sp³-hybridized carbons (Fsp3) is 0.348. The standard InChI is InChI=1S/C23H24ClN3O4/c1-12-5-6-25-19-14(12)7-13(8-18(19)30-4)22(29)26-10-17(28)16-9-15-20(21(24)27-16)31-11-23(15,2)3/h5-9,17,28H,10-11H2,1-4H3,(H,26,29). The van der Waals surface area contributed by atoms with Gasteiger partial charge in [0.25, 0.3) is 5.91 Å². The molecule has 162 valence electrons. The van der Waals surface area contributed by atoms with E-state index in [0.717, 1.165) is 16.5 Å². The molecule has 0 bridgehead atoms. The number of aliphatic hydroxyl groups is 1. The van der Waals surface area contributed by atoms with E-state index in [2.05, 4.69) is 15.3 Å². The van der Waals surface area contributed by atoms with E-state index < -0.39 is 6.10 Å². The minimum absolute atomic E-state index is 0.0192. The number of carbonyl (C=O) groups excluding carboxylic acids is 1. The number of carbonyl (C=O) groups is 1. The Balaban J connectivity index is 1.54. The van der Waals surface area contributed by atoms with E-state index in [1.165, 1.54) is 0 Å². The predicted molar refractivity (Wildman–Crippen MR) is 118 cm³/mol. The number of nitrogens with one attached hydrogen (secondary N) is 1. The lowest BCUT2D eigenvalue weighted by atomic mass is 9.87. The number of rotatable bonds is 5. The zero-order valence-corrected chi connectivity index (χ0v) is 18.6. The first kappa shape index (κ1) is 21.3. The first-order chi connectivity index (χ1) is 14.7. The Morgan fingerprint density at radius 2 is 2.16 bits per heavy atom. The zero-order valence-electron chi connectivity index (χ0n) is 17.8. The molecule has 1 aliphatic rings. The number of nitrogens with zero attached hydrogens (tertiary/aromatic N) is 2. The number of amides is 1. The fourth-order valence-corrected chi connectivity index (χ4v) is 3.95. The molecule has 0 fully saturated rings. The number of pyridine rings is 2. The maximum atomic E-state index is 12.8. The SMILES string of the molecule is COc1cc(C(=O)NCC(O)c2cc3c(c(Cl)n2)OCC3(C)C)cc2c(C)ccnc12. The number of methoxy groups -OCH3 is 1. The Bertz CT molecular complexity index is 1180. The van der Waals surface area contributed by atoms with E-state index in [9.17, 15) is 9.90 Å². The summed E-state index contributed by atoms with van der Waals surface area (Å²) < 4.78 is 11.1. The number of halogens is 1. The smallest absolute Gasteiger partial charge is 0.251 e. The monoisotopic (exact) mass is 441 g/mol. The van der Waals surface area contributed by atoms with Gasteiger partial charge in [-0.3, -0.25) is 9.78 Å². The van der Waals surface area contributed by atoms with Gasteiger partial charge >= 0.3 is 0 Å². The van der Waals surface area contributed by atoms with Crippen LogP contribution in [0.5, 0.6) is 11.5 Å². The van der Waals surface area contributed by atoms with Crippen molar-refractivity contribution in [3.63, 3.8) is 0 Å². The summed E-state index contributed by atoms with van der Waals surface area (Å²) in [5.41, 5.74) is 3.16. The molecule has 31 heavy (non-hydrogen) atoms. The van der Waals surface area contributed by atoms with Gasteiger partial charge < -0.3 is 19.9 Å². The van der Waals surface area contributed by atoms with Crippen LogP contribution < -0.4 is 14.8 Å². The maximum absolute atomic E-state index is 12.8. The van der Waals surface area contributed by atoms with Crippen LogP contribution in [0.25, 0.3) is 10.9 Å². The van der Waals surface area contributed by atoms with Crippen molar-refractivity contribution < 1.29 is 19.4 Å². The molecule has 4 rings (SSSR count). The van der Waals surface area contributed by atoms with Crippen molar-refractivity contribution in [2.75, 3.05) is 20.3 Å². The van der Waals surface area contributed by atoms with Crippen LogP contribution in [-0.4, -0.2) is 41.2 Å². The van der Waals surface area contributed by atoms with E-state index >= 15 is 0 Å². The number of hydrogen-bond acceptors (Lipinski definition) is 6. The quantitative estimate of drug-likeness (QED) is 0.586. The highest BCUT2D eigenvalue weighted by Crippen LogP contribution is 2.42. The molecule has 0 saturated heterocycles. The summed E-state index contributed by atoms with van der Waals surface area (Å²) in [5, 5.41) is 14.5. The molecule has 7 nitrogen and oxygen atoms in total. The third kappa shape index (κ3) is 3.91. The molecule has 0 saturated carbocycles. The Morgan fingerprint density at radius 3 is 2.90 bits per heavy atom. The minimum Gasteiger partial charge on any atom is -0.494 e. The van der Waals surface area contributed by atoms with Crippen LogP contribution in [0.2, 0.25) is 5.15 Å². The topological polar surface area (TPSA) is 93.6 Å². The van der Waals surface area contributed by atoms with Crippen LogP contribution in [-0.2, 0) is 5.41 Å². The highest BCUT2D eigenvalue weighted by Gasteiger charge is 2.35. The summed E-state index contributed by atoms with van der Waals surface area (Å²) in [6.07, 6.45) is 0.686. The number of ether oxygens (including phenoxy) is 2. The van der Waals surface area contributed by atoms with Crippen LogP contribution >= 0.6 is 11.6 Å². The van der Waals surface area contributed by atoms with Crippen molar-refractivity contribution in [2.24, 2.45) is 0 Å². The molecule has 1 unspecified atom stereocenters. The van der Waals surface area contributed by atoms with Crippen LogP contribution in [0, 0.1) is 6.92 Å². The van der Waals surface area contributed by atoms with Crippen LogP contribution in [0.15, 0.2) is 30.5 Å². The molecule has 1 aromatic carbocycles. The summed E-state index contributed by atoms with van der Waals surface area (Å²) in [7, 11) is 1.54. The van der Waals surface area contributed by atoms with Gasteiger partial charge in [-0.2, -0.15) is 0 Å². The first-order valence-corrected chi connectivity index (χ1v) is 10.3. The number of fused-ring (bicyclic) bond motifs is 2. The second-order valence-electron chi connectivity index (χ2n) is 8.32. The lowest BCUT2D eigenvalue weighted by Gasteiger charge is -2.18. The van der Waals surface area contributed by atoms with Gasteiger partial charge in [-0.05, 0) is 36.8 Å². The van der Waals surface area contributed by atoms with Crippen molar-refractivity contribution in [2.45, 2.75) is 32.3 Å². The summed E-state index contributed by atoms with van der Waals surface area (Å²) in [6, 6.07) is 7.08. The third-order valence-corrected chi connectivity index (χ3v) is 5.82. The lowest BCUT2D eigenvalue weighted by Crippen LogP contribution is -2.29. The first-order valence-electron chi connectivity index (χ1n) is 9.94. The number of aliphatic hydroxyl groups excluding tert-OH is 1. The van der Waals surface area contributed by atoms with E-state index in [4.69, 9.17) is 21.1 Å². The summed E-state index contributed by atoms with van der Waals surface area (Å²) in [4.78, 5) is 21.4. The Kier molecular flexibility index (Phi) is 5.49. The van der Waals surface area contributed by atoms with Crippen LogP contribution in [0.3, 0.4) is 0 Å². The Hall–Kier alpha value is -2.90. The molecule has 1 aliphatic heterocycles. The van der Waals surface area contributed by atoms with E-state index in [1.54, 1.807) is 31.5 Å². The van der Waals surface area contributed by atoms with Gasteiger partial charge in [0, 0.05) is 34.7 Å². The number of aromatic nitrogens is 2. The molecular formula is C23H24ClN3O4. The number of benzene rings is 1. The zero-order chi connectivity index (χ0) is 22.3. The van der Waals surface area contributed by atoms with Crippen LogP contribution in [0.1, 0.15) is 47.1 Å². The normalized spacial score (nSPS) is 15.3. The second kappa shape index (κ2) is 7.98. The summed E-state index contributed by atoms with van der Waals surface area (Å²) >= 11 is 6.25. The van der Waals surface area contributed by atoms with Crippen LogP contribution in [0.4, 0.5) is 0 Å². The minimum atomic E-state index is -1.02.